The molecule has 9 heteroatoms. The molecular weight excluding hydrogens is 439 g/mol. The highest BCUT2D eigenvalue weighted by Gasteiger charge is 2.23. The Morgan fingerprint density at radius 3 is 2.88 bits per heavy atom. The number of ether oxygens (including phenoxy) is 1. The summed E-state index contributed by atoms with van der Waals surface area (Å²) in [4.78, 5) is 8.83. The molecule has 1 aromatic heterocycles. The predicted molar refractivity (Wildman–Crippen MR) is 110 cm³/mol. The molecular formula is C15H29IN6OS. The molecule has 1 unspecified atom stereocenters. The number of guanidine groups is 1. The van der Waals surface area contributed by atoms with Crippen LogP contribution in [0.5, 0.6) is 0 Å². The second-order valence-electron chi connectivity index (χ2n) is 6.33. The Hall–Kier alpha value is -0.550. The van der Waals surface area contributed by atoms with Crippen LogP contribution in [0.2, 0.25) is 0 Å². The minimum Gasteiger partial charge on any atom is -0.377 e. The monoisotopic (exact) mass is 468 g/mol. The molecule has 2 heterocycles. The Kier molecular flexibility index (Phi) is 8.78. The van der Waals surface area contributed by atoms with Crippen molar-refractivity contribution in [2.75, 3.05) is 27.0 Å². The standard InChI is InChI=1S/C15H28N6OS.HI/c1-15(2,23-5)10-17-14(16-3)18-11-6-7-13-19-12(9-22-4)20-21(13)8-11;/h11H,6-10H2,1-5H3,(H2,16,17,18);1H. The molecule has 7 nitrogen and oxygen atoms in total. The lowest BCUT2D eigenvalue weighted by atomic mass is 10.1. The highest BCUT2D eigenvalue weighted by molar-refractivity contribution is 14.0. The van der Waals surface area contributed by atoms with Crippen molar-refractivity contribution in [1.82, 2.24) is 25.4 Å². The number of aliphatic imine (C=N–C) groups is 1. The molecule has 0 fully saturated rings. The minimum atomic E-state index is 0. The Bertz CT molecular complexity index is 548. The summed E-state index contributed by atoms with van der Waals surface area (Å²) in [6.07, 6.45) is 4.07. The second kappa shape index (κ2) is 9.81. The maximum atomic E-state index is 5.10. The normalized spacial score (nSPS) is 17.9. The van der Waals surface area contributed by atoms with Gasteiger partial charge in [-0.3, -0.25) is 4.99 Å². The highest BCUT2D eigenvalue weighted by atomic mass is 127. The summed E-state index contributed by atoms with van der Waals surface area (Å²) >= 11 is 1.84. The van der Waals surface area contributed by atoms with Crippen LogP contribution < -0.4 is 10.6 Å². The molecule has 24 heavy (non-hydrogen) atoms. The van der Waals surface area contributed by atoms with Gasteiger partial charge in [0.1, 0.15) is 12.4 Å². The number of hydrogen-bond donors (Lipinski definition) is 2. The Balaban J connectivity index is 0.00000288. The lowest BCUT2D eigenvalue weighted by Crippen LogP contribution is -2.49. The van der Waals surface area contributed by atoms with Gasteiger partial charge in [0.2, 0.25) is 0 Å². The van der Waals surface area contributed by atoms with Crippen LogP contribution in [0.1, 0.15) is 31.9 Å². The van der Waals surface area contributed by atoms with Crippen LogP contribution in [0.4, 0.5) is 0 Å². The number of hydrogen-bond acceptors (Lipinski definition) is 5. The number of nitrogens with zero attached hydrogens (tertiary/aromatic N) is 4. The minimum absolute atomic E-state index is 0. The zero-order chi connectivity index (χ0) is 16.9. The number of nitrogens with one attached hydrogen (secondary N) is 2. The molecule has 1 aromatic rings. The van der Waals surface area contributed by atoms with Crippen molar-refractivity contribution in [2.24, 2.45) is 4.99 Å². The summed E-state index contributed by atoms with van der Waals surface area (Å²) in [5, 5.41) is 11.4. The molecule has 1 atom stereocenters. The number of rotatable bonds is 6. The third kappa shape index (κ3) is 6.07. The third-order valence-corrected chi connectivity index (χ3v) is 5.22. The Morgan fingerprint density at radius 2 is 2.25 bits per heavy atom. The van der Waals surface area contributed by atoms with Gasteiger partial charge >= 0.3 is 0 Å². The molecule has 2 rings (SSSR count). The summed E-state index contributed by atoms with van der Waals surface area (Å²) in [7, 11) is 3.47. The fourth-order valence-electron chi connectivity index (χ4n) is 2.43. The predicted octanol–water partition coefficient (Wildman–Crippen LogP) is 1.66. The van der Waals surface area contributed by atoms with Gasteiger partial charge in [0, 0.05) is 37.9 Å². The average molecular weight is 468 g/mol. The van der Waals surface area contributed by atoms with Gasteiger partial charge in [-0.2, -0.15) is 16.9 Å². The molecule has 1 aliphatic heterocycles. The van der Waals surface area contributed by atoms with Gasteiger partial charge in [0.25, 0.3) is 0 Å². The van der Waals surface area contributed by atoms with E-state index in [2.05, 4.69) is 45.8 Å². The first-order valence-electron chi connectivity index (χ1n) is 7.91. The van der Waals surface area contributed by atoms with Crippen molar-refractivity contribution in [3.8, 4) is 0 Å². The van der Waals surface area contributed by atoms with E-state index in [-0.39, 0.29) is 28.7 Å². The van der Waals surface area contributed by atoms with E-state index in [4.69, 9.17) is 4.74 Å². The molecule has 0 saturated carbocycles. The molecule has 2 N–H and O–H groups in total. The Labute approximate surface area is 165 Å². The van der Waals surface area contributed by atoms with Crippen LogP contribution in [0.15, 0.2) is 4.99 Å². The van der Waals surface area contributed by atoms with E-state index in [1.165, 1.54) is 0 Å². The fourth-order valence-corrected chi connectivity index (χ4v) is 2.64. The number of thioether (sulfide) groups is 1. The lowest BCUT2D eigenvalue weighted by molar-refractivity contribution is 0.177. The van der Waals surface area contributed by atoms with Gasteiger partial charge in [-0.15, -0.1) is 24.0 Å². The summed E-state index contributed by atoms with van der Waals surface area (Å²) in [5.41, 5.74) is 0. The van der Waals surface area contributed by atoms with Gasteiger partial charge in [-0.25, -0.2) is 9.67 Å². The molecule has 0 spiro atoms. The summed E-state index contributed by atoms with van der Waals surface area (Å²) < 4.78 is 7.26. The van der Waals surface area contributed by atoms with Gasteiger partial charge < -0.3 is 15.4 Å². The average Bonchev–Trinajstić information content (AvgIpc) is 2.93. The van der Waals surface area contributed by atoms with Crippen molar-refractivity contribution in [3.05, 3.63) is 11.6 Å². The van der Waals surface area contributed by atoms with Crippen molar-refractivity contribution in [3.63, 3.8) is 0 Å². The number of aryl methyl sites for hydroxylation is 1. The Morgan fingerprint density at radius 1 is 1.50 bits per heavy atom. The van der Waals surface area contributed by atoms with Crippen molar-refractivity contribution < 1.29 is 4.74 Å². The lowest BCUT2D eigenvalue weighted by Gasteiger charge is -2.28. The molecule has 0 amide bonds. The molecule has 138 valence electrons. The summed E-state index contributed by atoms with van der Waals surface area (Å²) in [6.45, 7) is 6.58. The van der Waals surface area contributed by atoms with E-state index in [1.54, 1.807) is 7.11 Å². The van der Waals surface area contributed by atoms with Crippen LogP contribution >= 0.6 is 35.7 Å². The van der Waals surface area contributed by atoms with Crippen LogP contribution in [-0.4, -0.2) is 58.5 Å². The van der Waals surface area contributed by atoms with Crippen LogP contribution in [0.25, 0.3) is 0 Å². The molecule has 0 aromatic carbocycles. The van der Waals surface area contributed by atoms with E-state index in [0.717, 1.165) is 43.5 Å². The quantitative estimate of drug-likeness (QED) is 0.376. The maximum absolute atomic E-state index is 5.10. The SMILES string of the molecule is CN=C(NCC(C)(C)SC)NC1CCc2nc(COC)nn2C1.I. The van der Waals surface area contributed by atoms with Crippen LogP contribution in [0.3, 0.4) is 0 Å². The van der Waals surface area contributed by atoms with Gasteiger partial charge in [-0.05, 0) is 26.5 Å². The molecule has 0 radical (unpaired) electrons. The van der Waals surface area contributed by atoms with E-state index >= 15 is 0 Å². The largest absolute Gasteiger partial charge is 0.377 e. The molecule has 0 aliphatic carbocycles. The first-order valence-corrected chi connectivity index (χ1v) is 9.13. The third-order valence-electron chi connectivity index (χ3n) is 3.97. The number of methoxy groups -OCH3 is 1. The van der Waals surface area contributed by atoms with Gasteiger partial charge in [0.05, 0.1) is 6.54 Å². The first-order chi connectivity index (χ1) is 11.0. The molecule has 1 aliphatic rings. The first kappa shape index (κ1) is 21.5. The van der Waals surface area contributed by atoms with Crippen molar-refractivity contribution >= 4 is 41.7 Å². The number of aromatic nitrogens is 3. The van der Waals surface area contributed by atoms with Crippen LogP contribution in [0, 0.1) is 0 Å². The van der Waals surface area contributed by atoms with Gasteiger partial charge in [-0.1, -0.05) is 0 Å². The van der Waals surface area contributed by atoms with E-state index in [0.29, 0.717) is 12.6 Å². The van der Waals surface area contributed by atoms with Crippen LogP contribution in [-0.2, 0) is 24.3 Å². The van der Waals surface area contributed by atoms with Crippen molar-refractivity contribution in [2.45, 2.75) is 50.6 Å². The zero-order valence-corrected chi connectivity index (χ0v) is 18.3. The smallest absolute Gasteiger partial charge is 0.191 e. The topological polar surface area (TPSA) is 76.4 Å². The highest BCUT2D eigenvalue weighted by Crippen LogP contribution is 2.19. The fraction of sp³-hybridized carbons (Fsp3) is 0.800. The van der Waals surface area contributed by atoms with E-state index in [9.17, 15) is 0 Å². The van der Waals surface area contributed by atoms with E-state index < -0.39 is 0 Å². The van der Waals surface area contributed by atoms with Crippen molar-refractivity contribution in [1.29, 1.82) is 0 Å². The van der Waals surface area contributed by atoms with Gasteiger partial charge in [0.15, 0.2) is 11.8 Å². The molecule has 0 saturated heterocycles. The summed E-state index contributed by atoms with van der Waals surface area (Å²) in [5.74, 6) is 2.65. The molecule has 0 bridgehead atoms. The van der Waals surface area contributed by atoms with E-state index in [1.807, 2.05) is 23.5 Å². The summed E-state index contributed by atoms with van der Waals surface area (Å²) in [6, 6.07) is 0.309. The number of fused-ring (bicyclic) bond motifs is 1. The second-order valence-corrected chi connectivity index (χ2v) is 7.84. The maximum Gasteiger partial charge on any atom is 0.191 e. The zero-order valence-electron chi connectivity index (χ0n) is 15.1. The number of halogens is 1.